The number of hydrogen-bond donors (Lipinski definition) is 2. The van der Waals surface area contributed by atoms with E-state index < -0.39 is 18.1 Å². The van der Waals surface area contributed by atoms with E-state index in [4.69, 9.17) is 15.2 Å². The summed E-state index contributed by atoms with van der Waals surface area (Å²) in [4.78, 5) is 25.4. The number of nitrogens with two attached hydrogens (primary N) is 1. The first kappa shape index (κ1) is 26.3. The number of rotatable bonds is 10. The molecule has 3 aromatic rings. The molecule has 0 unspecified atom stereocenters. The van der Waals surface area contributed by atoms with Gasteiger partial charge in [0, 0.05) is 5.92 Å². The maximum Gasteiger partial charge on any atom is 0.407 e. The zero-order valence-corrected chi connectivity index (χ0v) is 20.3. The van der Waals surface area contributed by atoms with E-state index in [1.165, 1.54) is 0 Å². The third-order valence-electron chi connectivity index (χ3n) is 6.09. The van der Waals surface area contributed by atoms with Gasteiger partial charge >= 0.3 is 12.1 Å². The predicted molar refractivity (Wildman–Crippen MR) is 138 cm³/mol. The Morgan fingerprint density at radius 1 is 0.829 bits per heavy atom. The molecule has 0 saturated carbocycles. The number of esters is 1. The third-order valence-corrected chi connectivity index (χ3v) is 6.09. The van der Waals surface area contributed by atoms with E-state index >= 15 is 0 Å². The summed E-state index contributed by atoms with van der Waals surface area (Å²) in [6, 6.07) is 25.0. The molecule has 0 aromatic heterocycles. The minimum Gasteiger partial charge on any atom is -0.459 e. The Kier molecular flexibility index (Phi) is 9.70. The van der Waals surface area contributed by atoms with Crippen molar-refractivity contribution in [3.05, 3.63) is 95.6 Å². The molecule has 3 aromatic carbocycles. The van der Waals surface area contributed by atoms with E-state index in [9.17, 15) is 9.59 Å². The Balaban J connectivity index is 0.00000342. The van der Waals surface area contributed by atoms with Gasteiger partial charge in [0.15, 0.2) is 0 Å². The number of fused-ring (bicyclic) bond motifs is 3. The first-order chi connectivity index (χ1) is 16.7. The van der Waals surface area contributed by atoms with E-state index in [2.05, 4.69) is 29.6 Å². The number of carbonyl (C=O) groups is 2. The summed E-state index contributed by atoms with van der Waals surface area (Å²) < 4.78 is 11.1. The standard InChI is InChI=1S/C28H30N2O4.ClH/c29-17-9-8-16-26(27(31)33-18-20-10-2-1-3-11-20)30-28(32)34-19-25-23-14-6-4-12-21(23)22-13-5-7-15-24(22)25;/h1-7,10-15,25-26H,8-9,16-19,29H2,(H,30,32);1H/t26-;/m0./s1. The van der Waals surface area contributed by atoms with E-state index in [0.717, 1.165) is 34.2 Å². The Morgan fingerprint density at radius 3 is 2.06 bits per heavy atom. The highest BCUT2D eigenvalue weighted by atomic mass is 35.5. The van der Waals surface area contributed by atoms with Crippen molar-refractivity contribution in [2.24, 2.45) is 5.73 Å². The highest BCUT2D eigenvalue weighted by molar-refractivity contribution is 5.85. The van der Waals surface area contributed by atoms with Gasteiger partial charge in [-0.25, -0.2) is 9.59 Å². The molecule has 6 nitrogen and oxygen atoms in total. The van der Waals surface area contributed by atoms with E-state index in [-0.39, 0.29) is 31.5 Å². The third kappa shape index (κ3) is 6.62. The van der Waals surface area contributed by atoms with Gasteiger partial charge in [-0.3, -0.25) is 0 Å². The lowest BCUT2D eigenvalue weighted by molar-refractivity contribution is -0.147. The van der Waals surface area contributed by atoms with Crippen LogP contribution in [-0.4, -0.2) is 31.3 Å². The molecular weight excluding hydrogens is 464 g/mol. The summed E-state index contributed by atoms with van der Waals surface area (Å²) in [6.07, 6.45) is 1.27. The van der Waals surface area contributed by atoms with Gasteiger partial charge in [0.05, 0.1) is 0 Å². The molecule has 35 heavy (non-hydrogen) atoms. The van der Waals surface area contributed by atoms with Crippen LogP contribution < -0.4 is 11.1 Å². The first-order valence-electron chi connectivity index (χ1n) is 11.7. The molecular formula is C28H31ClN2O4. The predicted octanol–water partition coefficient (Wildman–Crippen LogP) is 5.19. The van der Waals surface area contributed by atoms with E-state index in [0.29, 0.717) is 19.4 Å². The average molecular weight is 495 g/mol. The molecule has 0 spiro atoms. The number of hydrogen-bond acceptors (Lipinski definition) is 5. The minimum atomic E-state index is -0.786. The van der Waals surface area contributed by atoms with Gasteiger partial charge in [0.25, 0.3) is 0 Å². The maximum atomic E-state index is 12.7. The normalized spacial score (nSPS) is 12.6. The second-order valence-corrected chi connectivity index (χ2v) is 8.40. The number of nitrogens with one attached hydrogen (secondary N) is 1. The van der Waals surface area contributed by atoms with Crippen molar-refractivity contribution >= 4 is 24.5 Å². The van der Waals surface area contributed by atoms with Gasteiger partial charge in [-0.2, -0.15) is 0 Å². The molecule has 4 rings (SSSR count). The number of ether oxygens (including phenoxy) is 2. The highest BCUT2D eigenvalue weighted by Crippen LogP contribution is 2.44. The molecule has 0 heterocycles. The minimum absolute atomic E-state index is 0. The van der Waals surface area contributed by atoms with Crippen LogP contribution in [0.3, 0.4) is 0 Å². The van der Waals surface area contributed by atoms with Crippen LogP contribution in [0.25, 0.3) is 11.1 Å². The monoisotopic (exact) mass is 494 g/mol. The largest absolute Gasteiger partial charge is 0.459 e. The lowest BCUT2D eigenvalue weighted by Crippen LogP contribution is -2.42. The zero-order valence-electron chi connectivity index (χ0n) is 19.5. The summed E-state index contributed by atoms with van der Waals surface area (Å²) in [5.74, 6) is -0.520. The second-order valence-electron chi connectivity index (χ2n) is 8.40. The fourth-order valence-electron chi connectivity index (χ4n) is 4.35. The van der Waals surface area contributed by atoms with Crippen LogP contribution in [0.4, 0.5) is 4.79 Å². The Labute approximate surface area is 212 Å². The van der Waals surface area contributed by atoms with Crippen LogP contribution in [0.2, 0.25) is 0 Å². The van der Waals surface area contributed by atoms with Crippen LogP contribution >= 0.6 is 12.4 Å². The Morgan fingerprint density at radius 2 is 1.43 bits per heavy atom. The molecule has 1 aliphatic carbocycles. The molecule has 0 saturated heterocycles. The molecule has 1 atom stereocenters. The fraction of sp³-hybridized carbons (Fsp3) is 0.286. The number of carbonyl (C=O) groups excluding carboxylic acids is 2. The van der Waals surface area contributed by atoms with Crippen LogP contribution in [0, 0.1) is 0 Å². The first-order valence-corrected chi connectivity index (χ1v) is 11.7. The number of unbranched alkanes of at least 4 members (excludes halogenated alkanes) is 1. The molecule has 3 N–H and O–H groups in total. The smallest absolute Gasteiger partial charge is 0.407 e. The van der Waals surface area contributed by atoms with E-state index in [1.54, 1.807) is 0 Å². The molecule has 1 aliphatic rings. The molecule has 0 radical (unpaired) electrons. The topological polar surface area (TPSA) is 90.6 Å². The summed E-state index contributed by atoms with van der Waals surface area (Å²) in [5.41, 5.74) is 11.1. The number of alkyl carbamates (subject to hydrolysis) is 1. The average Bonchev–Trinajstić information content (AvgIpc) is 3.20. The van der Waals surface area contributed by atoms with Crippen molar-refractivity contribution < 1.29 is 19.1 Å². The van der Waals surface area contributed by atoms with Crippen LogP contribution in [-0.2, 0) is 20.9 Å². The van der Waals surface area contributed by atoms with Gasteiger partial charge in [0.2, 0.25) is 0 Å². The van der Waals surface area contributed by atoms with Gasteiger partial charge < -0.3 is 20.5 Å². The highest BCUT2D eigenvalue weighted by Gasteiger charge is 2.30. The van der Waals surface area contributed by atoms with Crippen molar-refractivity contribution in [3.8, 4) is 11.1 Å². The summed E-state index contributed by atoms with van der Waals surface area (Å²) in [6.45, 7) is 0.866. The Hall–Kier alpha value is -3.35. The summed E-state index contributed by atoms with van der Waals surface area (Å²) in [5, 5.41) is 2.71. The maximum absolute atomic E-state index is 12.7. The lowest BCUT2D eigenvalue weighted by atomic mass is 9.98. The van der Waals surface area contributed by atoms with Crippen LogP contribution in [0.1, 0.15) is 41.9 Å². The molecule has 0 fully saturated rings. The summed E-state index contributed by atoms with van der Waals surface area (Å²) in [7, 11) is 0. The van der Waals surface area contributed by atoms with Gasteiger partial charge in [-0.1, -0.05) is 78.9 Å². The molecule has 7 heteroatoms. The Bertz CT molecular complexity index is 1080. The molecule has 1 amide bonds. The quantitative estimate of drug-likeness (QED) is 0.299. The number of halogens is 1. The van der Waals surface area contributed by atoms with Gasteiger partial charge in [-0.15, -0.1) is 12.4 Å². The lowest BCUT2D eigenvalue weighted by Gasteiger charge is -2.19. The van der Waals surface area contributed by atoms with Crippen molar-refractivity contribution in [1.82, 2.24) is 5.32 Å². The van der Waals surface area contributed by atoms with Crippen molar-refractivity contribution in [2.45, 2.75) is 37.8 Å². The second kappa shape index (κ2) is 12.9. The van der Waals surface area contributed by atoms with Crippen LogP contribution in [0.15, 0.2) is 78.9 Å². The summed E-state index contributed by atoms with van der Waals surface area (Å²) >= 11 is 0. The van der Waals surface area contributed by atoms with Crippen LogP contribution in [0.5, 0.6) is 0 Å². The van der Waals surface area contributed by atoms with Crippen molar-refractivity contribution in [3.63, 3.8) is 0 Å². The van der Waals surface area contributed by atoms with Gasteiger partial charge in [-0.05, 0) is 53.6 Å². The number of amides is 1. The zero-order chi connectivity index (χ0) is 23.8. The molecule has 184 valence electrons. The number of benzene rings is 3. The van der Waals surface area contributed by atoms with Gasteiger partial charge in [0.1, 0.15) is 19.3 Å². The van der Waals surface area contributed by atoms with Crippen molar-refractivity contribution in [2.75, 3.05) is 13.2 Å². The van der Waals surface area contributed by atoms with Crippen molar-refractivity contribution in [1.29, 1.82) is 0 Å². The SMILES string of the molecule is Cl.NCCCC[C@H](NC(=O)OCC1c2ccccc2-c2ccccc21)C(=O)OCc1ccccc1. The van der Waals surface area contributed by atoms with E-state index in [1.807, 2.05) is 54.6 Å². The molecule has 0 bridgehead atoms. The molecule has 0 aliphatic heterocycles. The fourth-order valence-corrected chi connectivity index (χ4v) is 4.35.